The number of nitrogens with zero attached hydrogens (tertiary/aromatic N) is 4. The number of hydrogen-bond donors (Lipinski definition) is 1. The summed E-state index contributed by atoms with van der Waals surface area (Å²) in [5, 5.41) is 4.01. The number of anilines is 1. The molecule has 1 aliphatic carbocycles. The Morgan fingerprint density at radius 3 is 2.71 bits per heavy atom. The lowest BCUT2D eigenvalue weighted by atomic mass is 9.97. The second-order valence-corrected chi connectivity index (χ2v) is 10.2. The maximum atomic E-state index is 13.0. The van der Waals surface area contributed by atoms with E-state index in [1.165, 1.54) is 15.8 Å². The van der Waals surface area contributed by atoms with Gasteiger partial charge in [-0.25, -0.2) is 4.98 Å². The van der Waals surface area contributed by atoms with Crippen molar-refractivity contribution >= 4 is 50.7 Å². The van der Waals surface area contributed by atoms with Crippen LogP contribution in [-0.2, 0) is 29.0 Å². The molecule has 2 aromatic heterocycles. The summed E-state index contributed by atoms with van der Waals surface area (Å²) in [5.41, 5.74) is 1.96. The maximum Gasteiger partial charge on any atom is 0.262 e. The number of amides is 2. The first-order valence-electron chi connectivity index (χ1n) is 11.5. The number of piperazine rings is 1. The van der Waals surface area contributed by atoms with Gasteiger partial charge in [0.05, 0.1) is 18.3 Å². The third kappa shape index (κ3) is 4.67. The van der Waals surface area contributed by atoms with Crippen LogP contribution >= 0.6 is 22.9 Å². The molecule has 1 N–H and O–H groups in total. The zero-order chi connectivity index (χ0) is 23.7. The molecule has 1 fully saturated rings. The Kier molecular flexibility index (Phi) is 6.56. The lowest BCUT2D eigenvalue weighted by Gasteiger charge is -2.36. The molecule has 178 valence electrons. The van der Waals surface area contributed by atoms with E-state index in [1.807, 2.05) is 24.3 Å². The second kappa shape index (κ2) is 9.76. The van der Waals surface area contributed by atoms with Gasteiger partial charge in [-0.2, -0.15) is 0 Å². The number of fused-ring (bicyclic) bond motifs is 3. The van der Waals surface area contributed by atoms with Crippen molar-refractivity contribution in [2.75, 3.05) is 37.6 Å². The highest BCUT2D eigenvalue weighted by molar-refractivity contribution is 7.18. The minimum atomic E-state index is -0.377. The van der Waals surface area contributed by atoms with Crippen LogP contribution in [0.2, 0.25) is 5.02 Å². The number of rotatable bonds is 5. The molecule has 5 rings (SSSR count). The van der Waals surface area contributed by atoms with E-state index in [0.717, 1.165) is 41.8 Å². The van der Waals surface area contributed by atoms with Gasteiger partial charge in [-0.05, 0) is 49.4 Å². The van der Waals surface area contributed by atoms with Crippen molar-refractivity contribution in [3.8, 4) is 0 Å². The highest BCUT2D eigenvalue weighted by atomic mass is 35.5. The van der Waals surface area contributed by atoms with Gasteiger partial charge in [-0.1, -0.05) is 17.7 Å². The standard InChI is InChI=1S/C24H26ClN5O3S/c25-16-4-3-5-17(12-16)28-8-10-29(11-9-28)21(32)13-26-20(31)14-30-15-27-23-22(24(30)33)18-6-1-2-7-19(18)34-23/h3-5,12,15H,1-2,6-11,13-14H2,(H,26,31). The number of thiophene rings is 1. The molecule has 1 aliphatic heterocycles. The molecule has 0 bridgehead atoms. The van der Waals surface area contributed by atoms with Gasteiger partial charge in [-0.15, -0.1) is 11.3 Å². The first kappa shape index (κ1) is 22.9. The Labute approximate surface area is 206 Å². The normalized spacial score (nSPS) is 15.9. The first-order chi connectivity index (χ1) is 16.5. The molecule has 1 aromatic carbocycles. The summed E-state index contributed by atoms with van der Waals surface area (Å²) in [5.74, 6) is -0.509. The van der Waals surface area contributed by atoms with Crippen molar-refractivity contribution < 1.29 is 9.59 Å². The number of aryl methyl sites for hydroxylation is 2. The van der Waals surface area contributed by atoms with Crippen LogP contribution in [0.1, 0.15) is 23.3 Å². The largest absolute Gasteiger partial charge is 0.368 e. The van der Waals surface area contributed by atoms with Crippen LogP contribution in [0.25, 0.3) is 10.2 Å². The third-order valence-corrected chi connectivity index (χ3v) is 7.93. The monoisotopic (exact) mass is 499 g/mol. The predicted octanol–water partition coefficient (Wildman–Crippen LogP) is 2.46. The Morgan fingerprint density at radius 2 is 1.91 bits per heavy atom. The van der Waals surface area contributed by atoms with Gasteiger partial charge in [0, 0.05) is 41.8 Å². The zero-order valence-corrected chi connectivity index (χ0v) is 20.3. The second-order valence-electron chi connectivity index (χ2n) is 8.69. The summed E-state index contributed by atoms with van der Waals surface area (Å²) in [4.78, 5) is 48.5. The van der Waals surface area contributed by atoms with Crippen LogP contribution < -0.4 is 15.8 Å². The van der Waals surface area contributed by atoms with E-state index in [4.69, 9.17) is 11.6 Å². The minimum absolute atomic E-state index is 0.0890. The average molecular weight is 500 g/mol. The van der Waals surface area contributed by atoms with Crippen LogP contribution in [0.3, 0.4) is 0 Å². The van der Waals surface area contributed by atoms with Gasteiger partial charge < -0.3 is 15.1 Å². The summed E-state index contributed by atoms with van der Waals surface area (Å²) in [6, 6.07) is 7.67. The van der Waals surface area contributed by atoms with Crippen molar-refractivity contribution in [1.29, 1.82) is 0 Å². The van der Waals surface area contributed by atoms with Crippen LogP contribution in [0.4, 0.5) is 5.69 Å². The lowest BCUT2D eigenvalue weighted by Crippen LogP contribution is -2.51. The lowest BCUT2D eigenvalue weighted by molar-refractivity contribution is -0.133. The molecular weight excluding hydrogens is 474 g/mol. The molecule has 0 saturated carbocycles. The topological polar surface area (TPSA) is 87.5 Å². The summed E-state index contributed by atoms with van der Waals surface area (Å²) < 4.78 is 1.34. The molecule has 2 amide bonds. The van der Waals surface area contributed by atoms with Gasteiger partial charge in [0.2, 0.25) is 11.8 Å². The summed E-state index contributed by atoms with van der Waals surface area (Å²) in [6.45, 7) is 2.31. The number of nitrogens with one attached hydrogen (secondary N) is 1. The summed E-state index contributed by atoms with van der Waals surface area (Å²) in [7, 11) is 0. The van der Waals surface area contributed by atoms with Crippen LogP contribution in [0.5, 0.6) is 0 Å². The van der Waals surface area contributed by atoms with E-state index >= 15 is 0 Å². The van der Waals surface area contributed by atoms with Gasteiger partial charge in [0.1, 0.15) is 11.4 Å². The Bertz CT molecular complexity index is 1300. The smallest absolute Gasteiger partial charge is 0.262 e. The van der Waals surface area contributed by atoms with Gasteiger partial charge >= 0.3 is 0 Å². The zero-order valence-electron chi connectivity index (χ0n) is 18.8. The SMILES string of the molecule is O=C(Cn1cnc2sc3c(c2c1=O)CCCC3)NCC(=O)N1CCN(c2cccc(Cl)c2)CC1. The molecule has 1 saturated heterocycles. The molecule has 2 aliphatic rings. The number of hydrogen-bond acceptors (Lipinski definition) is 6. The van der Waals surface area contributed by atoms with Crippen molar-refractivity contribution in [3.05, 3.63) is 56.4 Å². The Balaban J connectivity index is 1.15. The number of halogens is 1. The van der Waals surface area contributed by atoms with Crippen molar-refractivity contribution in [3.63, 3.8) is 0 Å². The number of carbonyl (C=O) groups excluding carboxylic acids is 2. The van der Waals surface area contributed by atoms with E-state index in [2.05, 4.69) is 15.2 Å². The van der Waals surface area contributed by atoms with Crippen LogP contribution in [0.15, 0.2) is 35.4 Å². The highest BCUT2D eigenvalue weighted by Gasteiger charge is 2.23. The van der Waals surface area contributed by atoms with Gasteiger partial charge in [-0.3, -0.25) is 19.0 Å². The van der Waals surface area contributed by atoms with Crippen LogP contribution in [-0.4, -0.2) is 59.0 Å². The van der Waals surface area contributed by atoms with Crippen molar-refractivity contribution in [1.82, 2.24) is 19.8 Å². The molecule has 0 unspecified atom stereocenters. The van der Waals surface area contributed by atoms with E-state index in [0.29, 0.717) is 36.6 Å². The van der Waals surface area contributed by atoms with Gasteiger partial charge in [0.15, 0.2) is 0 Å². The summed E-state index contributed by atoms with van der Waals surface area (Å²) >= 11 is 7.67. The molecule has 3 aromatic rings. The molecular formula is C24H26ClN5O3S. The van der Waals surface area contributed by atoms with Crippen molar-refractivity contribution in [2.24, 2.45) is 0 Å². The minimum Gasteiger partial charge on any atom is -0.368 e. The fourth-order valence-electron chi connectivity index (χ4n) is 4.68. The van der Waals surface area contributed by atoms with E-state index < -0.39 is 0 Å². The molecule has 34 heavy (non-hydrogen) atoms. The van der Waals surface area contributed by atoms with Crippen molar-refractivity contribution in [2.45, 2.75) is 32.2 Å². The van der Waals surface area contributed by atoms with E-state index in [-0.39, 0.29) is 30.5 Å². The quantitative estimate of drug-likeness (QED) is 0.582. The molecule has 10 heteroatoms. The van der Waals surface area contributed by atoms with E-state index in [1.54, 1.807) is 16.2 Å². The predicted molar refractivity (Wildman–Crippen MR) is 134 cm³/mol. The highest BCUT2D eigenvalue weighted by Crippen LogP contribution is 2.33. The number of benzene rings is 1. The average Bonchev–Trinajstić information content (AvgIpc) is 3.24. The Hall–Kier alpha value is -2.91. The maximum absolute atomic E-state index is 13.0. The molecule has 8 nitrogen and oxygen atoms in total. The number of aromatic nitrogens is 2. The molecule has 0 radical (unpaired) electrons. The van der Waals surface area contributed by atoms with E-state index in [9.17, 15) is 14.4 Å². The third-order valence-electron chi connectivity index (χ3n) is 6.50. The Morgan fingerprint density at radius 1 is 1.12 bits per heavy atom. The molecule has 0 spiro atoms. The summed E-state index contributed by atoms with van der Waals surface area (Å²) in [6.07, 6.45) is 5.53. The van der Waals surface area contributed by atoms with Gasteiger partial charge in [0.25, 0.3) is 5.56 Å². The fourth-order valence-corrected chi connectivity index (χ4v) is 6.08. The molecule has 0 atom stereocenters. The number of carbonyl (C=O) groups is 2. The molecule has 3 heterocycles. The fraction of sp³-hybridized carbons (Fsp3) is 0.417. The van der Waals surface area contributed by atoms with Crippen LogP contribution in [0, 0.1) is 0 Å². The first-order valence-corrected chi connectivity index (χ1v) is 12.7.